The topological polar surface area (TPSA) is 25.2 Å². The average molecular weight is 276 g/mol. The largest absolute Gasteiger partial charge is 0.469 e. The van der Waals surface area contributed by atoms with Crippen LogP contribution < -0.4 is 5.32 Å². The molecule has 1 fully saturated rings. The number of rotatable bonds is 6. The molecule has 2 aromatic rings. The predicted molar refractivity (Wildman–Crippen MR) is 77.6 cm³/mol. The van der Waals surface area contributed by atoms with Crippen LogP contribution in [0.5, 0.6) is 0 Å². The number of furan rings is 1. The fourth-order valence-corrected chi connectivity index (χ4v) is 2.66. The first-order valence-corrected chi connectivity index (χ1v) is 7.21. The Labute approximate surface area is 118 Å². The first-order chi connectivity index (χ1) is 9.33. The van der Waals surface area contributed by atoms with Crippen LogP contribution in [0.3, 0.4) is 0 Å². The molecule has 1 N–H and O–H groups in total. The van der Waals surface area contributed by atoms with E-state index in [9.17, 15) is 0 Å². The predicted octanol–water partition coefficient (Wildman–Crippen LogP) is 4.01. The maximum absolute atomic E-state index is 6.33. The molecule has 0 aliphatic heterocycles. The fraction of sp³-hybridized carbons (Fsp3) is 0.375. The van der Waals surface area contributed by atoms with Gasteiger partial charge in [-0.25, -0.2) is 0 Å². The standard InChI is InChI=1S/C16H18ClNO/c17-16-6-2-1-5-15(16)12(11-18-13-7-8-13)10-14-4-3-9-19-14/h1-6,9,12-13,18H,7-8,10-11H2. The van der Waals surface area contributed by atoms with E-state index >= 15 is 0 Å². The van der Waals surface area contributed by atoms with Crippen molar-refractivity contribution in [3.63, 3.8) is 0 Å². The summed E-state index contributed by atoms with van der Waals surface area (Å²) in [6.45, 7) is 0.953. The van der Waals surface area contributed by atoms with Gasteiger partial charge in [-0.3, -0.25) is 0 Å². The van der Waals surface area contributed by atoms with E-state index < -0.39 is 0 Å². The van der Waals surface area contributed by atoms with E-state index in [4.69, 9.17) is 16.0 Å². The quantitative estimate of drug-likeness (QED) is 0.862. The zero-order valence-corrected chi connectivity index (χ0v) is 11.6. The van der Waals surface area contributed by atoms with Crippen molar-refractivity contribution in [2.45, 2.75) is 31.2 Å². The third-order valence-corrected chi connectivity index (χ3v) is 3.95. The highest BCUT2D eigenvalue weighted by Gasteiger charge is 2.23. The molecular weight excluding hydrogens is 258 g/mol. The second-order valence-electron chi connectivity index (χ2n) is 5.18. The molecule has 0 amide bonds. The van der Waals surface area contributed by atoms with Gasteiger partial charge in [-0.1, -0.05) is 29.8 Å². The van der Waals surface area contributed by atoms with Crippen LogP contribution in [0.1, 0.15) is 30.1 Å². The summed E-state index contributed by atoms with van der Waals surface area (Å²) in [5, 5.41) is 4.44. The molecule has 1 saturated carbocycles. The molecule has 2 nitrogen and oxygen atoms in total. The number of hydrogen-bond donors (Lipinski definition) is 1. The van der Waals surface area contributed by atoms with Gasteiger partial charge in [-0.2, -0.15) is 0 Å². The second kappa shape index (κ2) is 5.81. The van der Waals surface area contributed by atoms with Gasteiger partial charge in [0, 0.05) is 29.9 Å². The van der Waals surface area contributed by atoms with Crippen molar-refractivity contribution in [1.82, 2.24) is 5.32 Å². The molecule has 1 aliphatic rings. The fourth-order valence-electron chi connectivity index (χ4n) is 2.37. The Kier molecular flexibility index (Phi) is 3.90. The van der Waals surface area contributed by atoms with E-state index in [-0.39, 0.29) is 0 Å². The molecular formula is C16H18ClNO. The van der Waals surface area contributed by atoms with Crippen molar-refractivity contribution in [1.29, 1.82) is 0 Å². The molecule has 1 heterocycles. The van der Waals surface area contributed by atoms with Gasteiger partial charge in [0.15, 0.2) is 0 Å². The molecule has 0 bridgehead atoms. The molecule has 1 aromatic carbocycles. The summed E-state index contributed by atoms with van der Waals surface area (Å²) in [4.78, 5) is 0. The molecule has 100 valence electrons. The van der Waals surface area contributed by atoms with Gasteiger partial charge in [0.2, 0.25) is 0 Å². The maximum atomic E-state index is 6.33. The van der Waals surface area contributed by atoms with Crippen LogP contribution >= 0.6 is 11.6 Å². The summed E-state index contributed by atoms with van der Waals surface area (Å²) < 4.78 is 5.48. The van der Waals surface area contributed by atoms with Crippen molar-refractivity contribution < 1.29 is 4.42 Å². The van der Waals surface area contributed by atoms with Gasteiger partial charge >= 0.3 is 0 Å². The molecule has 3 heteroatoms. The molecule has 0 saturated heterocycles. The van der Waals surface area contributed by atoms with E-state index in [1.165, 1.54) is 18.4 Å². The first kappa shape index (κ1) is 12.8. The molecule has 1 unspecified atom stereocenters. The highest BCUT2D eigenvalue weighted by molar-refractivity contribution is 6.31. The lowest BCUT2D eigenvalue weighted by atomic mass is 9.94. The lowest BCUT2D eigenvalue weighted by molar-refractivity contribution is 0.472. The monoisotopic (exact) mass is 275 g/mol. The van der Waals surface area contributed by atoms with Crippen molar-refractivity contribution >= 4 is 11.6 Å². The van der Waals surface area contributed by atoms with Gasteiger partial charge in [0.05, 0.1) is 6.26 Å². The van der Waals surface area contributed by atoms with Crippen LogP contribution in [0.25, 0.3) is 0 Å². The van der Waals surface area contributed by atoms with Crippen LogP contribution in [0.4, 0.5) is 0 Å². The van der Waals surface area contributed by atoms with E-state index in [1.54, 1.807) is 6.26 Å². The van der Waals surface area contributed by atoms with Gasteiger partial charge in [0.25, 0.3) is 0 Å². The third-order valence-electron chi connectivity index (χ3n) is 3.60. The Morgan fingerprint density at radius 1 is 1.21 bits per heavy atom. The Balaban J connectivity index is 1.76. The SMILES string of the molecule is Clc1ccccc1C(CNC1CC1)Cc1ccco1. The summed E-state index contributed by atoms with van der Waals surface area (Å²) in [5.74, 6) is 1.38. The summed E-state index contributed by atoms with van der Waals surface area (Å²) >= 11 is 6.33. The van der Waals surface area contributed by atoms with E-state index in [1.807, 2.05) is 30.3 Å². The maximum Gasteiger partial charge on any atom is 0.104 e. The number of hydrogen-bond acceptors (Lipinski definition) is 2. The zero-order valence-electron chi connectivity index (χ0n) is 10.8. The van der Waals surface area contributed by atoms with Gasteiger partial charge in [0.1, 0.15) is 5.76 Å². The number of halogens is 1. The van der Waals surface area contributed by atoms with Crippen molar-refractivity contribution in [2.75, 3.05) is 6.54 Å². The highest BCUT2D eigenvalue weighted by Crippen LogP contribution is 2.28. The van der Waals surface area contributed by atoms with Crippen LogP contribution in [0.2, 0.25) is 5.02 Å². The highest BCUT2D eigenvalue weighted by atomic mass is 35.5. The van der Waals surface area contributed by atoms with Gasteiger partial charge in [-0.15, -0.1) is 0 Å². The Morgan fingerprint density at radius 2 is 2.05 bits per heavy atom. The lowest BCUT2D eigenvalue weighted by Gasteiger charge is -2.18. The molecule has 0 radical (unpaired) electrons. The average Bonchev–Trinajstić information content (AvgIpc) is 3.11. The molecule has 0 spiro atoms. The normalized spacial score (nSPS) is 16.5. The van der Waals surface area contributed by atoms with Crippen molar-refractivity contribution in [3.05, 3.63) is 59.0 Å². The minimum atomic E-state index is 0.362. The minimum Gasteiger partial charge on any atom is -0.469 e. The Morgan fingerprint density at radius 3 is 2.74 bits per heavy atom. The molecule has 3 rings (SSSR count). The Bertz CT molecular complexity index is 519. The number of nitrogens with one attached hydrogen (secondary N) is 1. The molecule has 1 aliphatic carbocycles. The van der Waals surface area contributed by atoms with Crippen LogP contribution in [0.15, 0.2) is 47.1 Å². The van der Waals surface area contributed by atoms with Crippen LogP contribution in [-0.2, 0) is 6.42 Å². The lowest BCUT2D eigenvalue weighted by Crippen LogP contribution is -2.25. The Hall–Kier alpha value is -1.25. The molecule has 19 heavy (non-hydrogen) atoms. The number of benzene rings is 1. The smallest absolute Gasteiger partial charge is 0.104 e. The summed E-state index contributed by atoms with van der Waals surface area (Å²) in [5.41, 5.74) is 1.20. The van der Waals surface area contributed by atoms with Crippen molar-refractivity contribution in [2.24, 2.45) is 0 Å². The van der Waals surface area contributed by atoms with Gasteiger partial charge < -0.3 is 9.73 Å². The minimum absolute atomic E-state index is 0.362. The summed E-state index contributed by atoms with van der Waals surface area (Å²) in [6, 6.07) is 12.8. The van der Waals surface area contributed by atoms with E-state index in [2.05, 4.69) is 11.4 Å². The van der Waals surface area contributed by atoms with Gasteiger partial charge in [-0.05, 0) is 36.6 Å². The van der Waals surface area contributed by atoms with E-state index in [0.717, 1.165) is 23.7 Å². The van der Waals surface area contributed by atoms with Crippen LogP contribution in [0, 0.1) is 0 Å². The zero-order chi connectivity index (χ0) is 13.1. The van der Waals surface area contributed by atoms with E-state index in [0.29, 0.717) is 12.0 Å². The summed E-state index contributed by atoms with van der Waals surface area (Å²) in [7, 11) is 0. The van der Waals surface area contributed by atoms with Crippen LogP contribution in [-0.4, -0.2) is 12.6 Å². The van der Waals surface area contributed by atoms with Crippen molar-refractivity contribution in [3.8, 4) is 0 Å². The molecule has 1 aromatic heterocycles. The molecule has 1 atom stereocenters. The second-order valence-corrected chi connectivity index (χ2v) is 5.59. The third kappa shape index (κ3) is 3.40. The summed E-state index contributed by atoms with van der Waals surface area (Å²) in [6.07, 6.45) is 5.22. The first-order valence-electron chi connectivity index (χ1n) is 6.83.